The zero-order valence-corrected chi connectivity index (χ0v) is 12.1. The van der Waals surface area contributed by atoms with Crippen molar-refractivity contribution in [1.82, 2.24) is 10.1 Å². The van der Waals surface area contributed by atoms with E-state index < -0.39 is 5.91 Å². The second kappa shape index (κ2) is 5.32. The number of amides is 1. The first-order chi connectivity index (χ1) is 9.40. The Bertz CT molecular complexity index is 642. The number of hydrogen-bond acceptors (Lipinski definition) is 5. The van der Waals surface area contributed by atoms with E-state index in [9.17, 15) is 4.79 Å². The minimum absolute atomic E-state index is 0.389. The highest BCUT2D eigenvalue weighted by molar-refractivity contribution is 5.97. The van der Waals surface area contributed by atoms with E-state index in [0.29, 0.717) is 17.9 Å². The van der Waals surface area contributed by atoms with Crippen LogP contribution in [0.2, 0.25) is 0 Å². The van der Waals surface area contributed by atoms with Crippen molar-refractivity contribution in [3.63, 3.8) is 0 Å². The number of anilines is 1. The average molecular weight is 274 g/mol. The first-order valence-corrected chi connectivity index (χ1v) is 6.33. The fraction of sp³-hybridized carbons (Fsp3) is 0.357. The SMILES string of the molecule is Cc1cc(C(N)=O)c(NCc2c(C)noc2C)nc1C. The van der Waals surface area contributed by atoms with Crippen LogP contribution in [0.3, 0.4) is 0 Å². The van der Waals surface area contributed by atoms with Gasteiger partial charge < -0.3 is 15.6 Å². The second-order valence-corrected chi connectivity index (χ2v) is 4.81. The molecule has 1 amide bonds. The van der Waals surface area contributed by atoms with E-state index in [1.807, 2.05) is 27.7 Å². The van der Waals surface area contributed by atoms with Crippen molar-refractivity contribution in [3.05, 3.63) is 39.9 Å². The largest absolute Gasteiger partial charge is 0.365 e. The van der Waals surface area contributed by atoms with Gasteiger partial charge in [-0.3, -0.25) is 4.79 Å². The number of primary amides is 1. The average Bonchev–Trinajstić information content (AvgIpc) is 2.70. The molecule has 6 heteroatoms. The summed E-state index contributed by atoms with van der Waals surface area (Å²) in [6.07, 6.45) is 0. The van der Waals surface area contributed by atoms with Gasteiger partial charge in [-0.05, 0) is 39.3 Å². The van der Waals surface area contributed by atoms with Gasteiger partial charge in [0.1, 0.15) is 11.6 Å². The number of carbonyl (C=O) groups excluding carboxylic acids is 1. The van der Waals surface area contributed by atoms with Crippen LogP contribution in [0.1, 0.15) is 38.6 Å². The van der Waals surface area contributed by atoms with E-state index in [1.165, 1.54) is 0 Å². The molecule has 0 spiro atoms. The van der Waals surface area contributed by atoms with Crippen molar-refractivity contribution in [2.24, 2.45) is 5.73 Å². The van der Waals surface area contributed by atoms with Gasteiger partial charge >= 0.3 is 0 Å². The summed E-state index contributed by atoms with van der Waals surface area (Å²) in [4.78, 5) is 15.9. The van der Waals surface area contributed by atoms with Gasteiger partial charge in [-0.15, -0.1) is 0 Å². The normalized spacial score (nSPS) is 10.6. The van der Waals surface area contributed by atoms with E-state index in [2.05, 4.69) is 15.5 Å². The molecule has 2 aromatic rings. The fourth-order valence-electron chi connectivity index (χ4n) is 1.95. The third-order valence-electron chi connectivity index (χ3n) is 3.35. The molecular weight excluding hydrogens is 256 g/mol. The molecule has 2 heterocycles. The molecule has 0 fully saturated rings. The van der Waals surface area contributed by atoms with Gasteiger partial charge in [-0.25, -0.2) is 4.98 Å². The maximum absolute atomic E-state index is 11.5. The van der Waals surface area contributed by atoms with E-state index in [4.69, 9.17) is 10.3 Å². The number of nitrogens with zero attached hydrogens (tertiary/aromatic N) is 2. The quantitative estimate of drug-likeness (QED) is 0.889. The van der Waals surface area contributed by atoms with Crippen LogP contribution < -0.4 is 11.1 Å². The van der Waals surface area contributed by atoms with Gasteiger partial charge in [0, 0.05) is 17.8 Å². The lowest BCUT2D eigenvalue weighted by atomic mass is 10.1. The summed E-state index contributed by atoms with van der Waals surface area (Å²) in [5.41, 5.74) is 9.35. The van der Waals surface area contributed by atoms with Crippen molar-refractivity contribution in [1.29, 1.82) is 0 Å². The maximum atomic E-state index is 11.5. The number of hydrogen-bond donors (Lipinski definition) is 2. The number of aromatic nitrogens is 2. The molecule has 6 nitrogen and oxygen atoms in total. The maximum Gasteiger partial charge on any atom is 0.252 e. The van der Waals surface area contributed by atoms with Crippen LogP contribution in [0.5, 0.6) is 0 Å². The summed E-state index contributed by atoms with van der Waals surface area (Å²) in [7, 11) is 0. The summed E-state index contributed by atoms with van der Waals surface area (Å²) in [6, 6.07) is 1.75. The van der Waals surface area contributed by atoms with Crippen LogP contribution in [0.15, 0.2) is 10.6 Å². The minimum Gasteiger partial charge on any atom is -0.365 e. The first kappa shape index (κ1) is 14.0. The highest BCUT2D eigenvalue weighted by Gasteiger charge is 2.14. The van der Waals surface area contributed by atoms with Crippen molar-refractivity contribution in [2.75, 3.05) is 5.32 Å². The predicted molar refractivity (Wildman–Crippen MR) is 75.5 cm³/mol. The Morgan fingerprint density at radius 1 is 1.30 bits per heavy atom. The Morgan fingerprint density at radius 2 is 2.00 bits per heavy atom. The summed E-state index contributed by atoms with van der Waals surface area (Å²) in [6.45, 7) is 7.99. The number of pyridine rings is 1. The Balaban J connectivity index is 2.29. The van der Waals surface area contributed by atoms with Gasteiger partial charge in [0.2, 0.25) is 0 Å². The molecule has 20 heavy (non-hydrogen) atoms. The van der Waals surface area contributed by atoms with E-state index in [0.717, 1.165) is 28.3 Å². The number of nitrogens with one attached hydrogen (secondary N) is 1. The first-order valence-electron chi connectivity index (χ1n) is 6.33. The Labute approximate surface area is 117 Å². The molecule has 0 aliphatic rings. The Hall–Kier alpha value is -2.37. The summed E-state index contributed by atoms with van der Waals surface area (Å²) in [5, 5.41) is 7.03. The molecular formula is C14H18N4O2. The smallest absolute Gasteiger partial charge is 0.252 e. The van der Waals surface area contributed by atoms with Crippen LogP contribution >= 0.6 is 0 Å². The molecule has 0 saturated carbocycles. The molecule has 2 aromatic heterocycles. The predicted octanol–water partition coefficient (Wildman–Crippen LogP) is 2.01. The van der Waals surface area contributed by atoms with Crippen LogP contribution in [0.25, 0.3) is 0 Å². The molecule has 0 aliphatic carbocycles. The van der Waals surface area contributed by atoms with E-state index in [1.54, 1.807) is 6.07 Å². The summed E-state index contributed by atoms with van der Waals surface area (Å²) < 4.78 is 5.10. The van der Waals surface area contributed by atoms with Gasteiger partial charge in [-0.2, -0.15) is 0 Å². The van der Waals surface area contributed by atoms with Gasteiger partial charge in [-0.1, -0.05) is 5.16 Å². The van der Waals surface area contributed by atoms with Crippen molar-refractivity contribution in [2.45, 2.75) is 34.2 Å². The van der Waals surface area contributed by atoms with E-state index in [-0.39, 0.29) is 0 Å². The number of rotatable bonds is 4. The number of nitrogens with two attached hydrogens (primary N) is 1. The molecule has 0 bridgehead atoms. The number of aryl methyl sites for hydroxylation is 4. The van der Waals surface area contributed by atoms with Gasteiger partial charge in [0.05, 0.1) is 11.3 Å². The Kier molecular flexibility index (Phi) is 3.74. The monoisotopic (exact) mass is 274 g/mol. The molecule has 0 atom stereocenters. The Morgan fingerprint density at radius 3 is 2.55 bits per heavy atom. The topological polar surface area (TPSA) is 94.0 Å². The van der Waals surface area contributed by atoms with E-state index >= 15 is 0 Å². The molecule has 2 rings (SSSR count). The molecule has 0 aliphatic heterocycles. The molecule has 0 aromatic carbocycles. The lowest BCUT2D eigenvalue weighted by Gasteiger charge is -2.11. The lowest BCUT2D eigenvalue weighted by molar-refractivity contribution is 0.100. The summed E-state index contributed by atoms with van der Waals surface area (Å²) in [5.74, 6) is 0.738. The van der Waals surface area contributed by atoms with Crippen LogP contribution in [-0.2, 0) is 6.54 Å². The molecule has 106 valence electrons. The lowest BCUT2D eigenvalue weighted by Crippen LogP contribution is -2.16. The third kappa shape index (κ3) is 2.64. The molecule has 0 unspecified atom stereocenters. The standard InChI is InChI=1S/C14H18N4O2/c1-7-5-11(13(15)19)14(17-8(7)2)16-6-12-9(3)18-20-10(12)4/h5H,6H2,1-4H3,(H2,15,19)(H,16,17). The highest BCUT2D eigenvalue weighted by atomic mass is 16.5. The van der Waals surface area contributed by atoms with Crippen molar-refractivity contribution in [3.8, 4) is 0 Å². The molecule has 3 N–H and O–H groups in total. The van der Waals surface area contributed by atoms with Crippen LogP contribution in [0, 0.1) is 27.7 Å². The second-order valence-electron chi connectivity index (χ2n) is 4.81. The summed E-state index contributed by atoms with van der Waals surface area (Å²) >= 11 is 0. The zero-order chi connectivity index (χ0) is 14.9. The van der Waals surface area contributed by atoms with Gasteiger partial charge in [0.15, 0.2) is 0 Å². The van der Waals surface area contributed by atoms with Crippen LogP contribution in [0.4, 0.5) is 5.82 Å². The molecule has 0 saturated heterocycles. The van der Waals surface area contributed by atoms with Crippen molar-refractivity contribution < 1.29 is 9.32 Å². The molecule has 0 radical (unpaired) electrons. The zero-order valence-electron chi connectivity index (χ0n) is 12.1. The number of carbonyl (C=O) groups is 1. The minimum atomic E-state index is -0.498. The van der Waals surface area contributed by atoms with Gasteiger partial charge in [0.25, 0.3) is 5.91 Å². The highest BCUT2D eigenvalue weighted by Crippen LogP contribution is 2.19. The van der Waals surface area contributed by atoms with Crippen LogP contribution in [-0.4, -0.2) is 16.0 Å². The third-order valence-corrected chi connectivity index (χ3v) is 3.35. The van der Waals surface area contributed by atoms with Crippen molar-refractivity contribution >= 4 is 11.7 Å². The fourth-order valence-corrected chi connectivity index (χ4v) is 1.95.